The normalized spacial score (nSPS) is 19.6. The van der Waals surface area contributed by atoms with Crippen LogP contribution < -0.4 is 0 Å². The van der Waals surface area contributed by atoms with Crippen molar-refractivity contribution in [3.05, 3.63) is 0 Å². The van der Waals surface area contributed by atoms with Crippen LogP contribution in [0.15, 0.2) is 0 Å². The van der Waals surface area contributed by atoms with E-state index in [1.54, 1.807) is 6.92 Å². The molecule has 0 saturated carbocycles. The molecule has 2 heteroatoms. The van der Waals surface area contributed by atoms with Crippen molar-refractivity contribution in [2.24, 2.45) is 5.41 Å². The van der Waals surface area contributed by atoms with E-state index >= 15 is 0 Å². The molecule has 80 valence electrons. The number of aliphatic hydroxyl groups is 2. The first-order chi connectivity index (χ1) is 5.67. The van der Waals surface area contributed by atoms with Gasteiger partial charge in [-0.25, -0.2) is 0 Å². The average Bonchev–Trinajstić information content (AvgIpc) is 1.82. The third-order valence-corrected chi connectivity index (χ3v) is 2.90. The highest BCUT2D eigenvalue weighted by atomic mass is 16.3. The summed E-state index contributed by atoms with van der Waals surface area (Å²) in [7, 11) is 0. The number of aliphatic hydroxyl groups excluding tert-OH is 1. The van der Waals surface area contributed by atoms with Gasteiger partial charge in [-0.1, -0.05) is 20.8 Å². The summed E-state index contributed by atoms with van der Waals surface area (Å²) in [6.07, 6.45) is 2.14. The van der Waals surface area contributed by atoms with Gasteiger partial charge in [0, 0.05) is 0 Å². The minimum absolute atomic E-state index is 0.0916. The fourth-order valence-electron chi connectivity index (χ4n) is 1.12. The Morgan fingerprint density at radius 1 is 1.15 bits per heavy atom. The summed E-state index contributed by atoms with van der Waals surface area (Å²) in [5, 5.41) is 19.2. The largest absolute Gasteiger partial charge is 0.393 e. The quantitative estimate of drug-likeness (QED) is 0.711. The smallest absolute Gasteiger partial charge is 0.0667 e. The van der Waals surface area contributed by atoms with E-state index in [1.807, 2.05) is 27.7 Å². The molecule has 2 N–H and O–H groups in total. The zero-order chi connectivity index (χ0) is 10.7. The van der Waals surface area contributed by atoms with Gasteiger partial charge in [0.25, 0.3) is 0 Å². The molecular weight excluding hydrogens is 164 g/mol. The second-order valence-electron chi connectivity index (χ2n) is 5.27. The molecule has 0 spiro atoms. The fraction of sp³-hybridized carbons (Fsp3) is 1.00. The summed E-state index contributed by atoms with van der Waals surface area (Å²) in [4.78, 5) is 0. The van der Waals surface area contributed by atoms with Gasteiger partial charge in [-0.15, -0.1) is 0 Å². The summed E-state index contributed by atoms with van der Waals surface area (Å²) >= 11 is 0. The van der Waals surface area contributed by atoms with Crippen molar-refractivity contribution in [2.45, 2.75) is 65.6 Å². The lowest BCUT2D eigenvalue weighted by atomic mass is 9.75. The van der Waals surface area contributed by atoms with E-state index in [9.17, 15) is 5.11 Å². The van der Waals surface area contributed by atoms with Crippen molar-refractivity contribution in [1.29, 1.82) is 0 Å². The van der Waals surface area contributed by atoms with Gasteiger partial charge in [0.05, 0.1) is 11.7 Å². The molecule has 0 aliphatic rings. The Labute approximate surface area is 82.0 Å². The van der Waals surface area contributed by atoms with Crippen LogP contribution in [0.5, 0.6) is 0 Å². The van der Waals surface area contributed by atoms with Crippen molar-refractivity contribution in [1.82, 2.24) is 0 Å². The van der Waals surface area contributed by atoms with Gasteiger partial charge in [-0.3, -0.25) is 0 Å². The van der Waals surface area contributed by atoms with Crippen LogP contribution in [-0.2, 0) is 0 Å². The molecule has 2 atom stereocenters. The SMILES string of the molecule is CC(O)CCCC(C)(O)C(C)(C)C. The number of rotatable bonds is 4. The van der Waals surface area contributed by atoms with Gasteiger partial charge in [-0.05, 0) is 38.5 Å². The van der Waals surface area contributed by atoms with Crippen LogP contribution in [0.4, 0.5) is 0 Å². The van der Waals surface area contributed by atoms with Crippen LogP contribution in [0.25, 0.3) is 0 Å². The molecule has 0 aromatic rings. The van der Waals surface area contributed by atoms with E-state index in [0.29, 0.717) is 0 Å². The van der Waals surface area contributed by atoms with Gasteiger partial charge in [0.1, 0.15) is 0 Å². The summed E-state index contributed by atoms with van der Waals surface area (Å²) in [5.41, 5.74) is -0.729. The summed E-state index contributed by atoms with van der Waals surface area (Å²) in [6, 6.07) is 0. The van der Waals surface area contributed by atoms with Crippen LogP contribution in [-0.4, -0.2) is 21.9 Å². The first kappa shape index (κ1) is 12.9. The Kier molecular flexibility index (Phi) is 4.40. The van der Waals surface area contributed by atoms with Crippen molar-refractivity contribution in [2.75, 3.05) is 0 Å². The lowest BCUT2D eigenvalue weighted by Gasteiger charge is -2.37. The molecule has 0 radical (unpaired) electrons. The second kappa shape index (κ2) is 4.43. The van der Waals surface area contributed by atoms with E-state index in [1.165, 1.54) is 0 Å². The van der Waals surface area contributed by atoms with E-state index in [-0.39, 0.29) is 11.5 Å². The molecule has 0 fully saturated rings. The predicted molar refractivity (Wildman–Crippen MR) is 55.6 cm³/mol. The second-order valence-corrected chi connectivity index (χ2v) is 5.27. The average molecular weight is 188 g/mol. The Morgan fingerprint density at radius 2 is 1.62 bits per heavy atom. The highest BCUT2D eigenvalue weighted by molar-refractivity contribution is 4.85. The molecule has 0 heterocycles. The first-order valence-electron chi connectivity index (χ1n) is 5.07. The van der Waals surface area contributed by atoms with E-state index in [0.717, 1.165) is 19.3 Å². The van der Waals surface area contributed by atoms with Crippen LogP contribution in [0.1, 0.15) is 53.9 Å². The van der Waals surface area contributed by atoms with E-state index < -0.39 is 5.60 Å². The number of hydrogen-bond donors (Lipinski definition) is 2. The third kappa shape index (κ3) is 4.63. The molecule has 0 aliphatic heterocycles. The van der Waals surface area contributed by atoms with Crippen LogP contribution in [0.3, 0.4) is 0 Å². The standard InChI is InChI=1S/C11H24O2/c1-9(12)7-6-8-11(5,13)10(2,3)4/h9,12-13H,6-8H2,1-5H3. The Morgan fingerprint density at radius 3 is 1.92 bits per heavy atom. The van der Waals surface area contributed by atoms with Crippen LogP contribution >= 0.6 is 0 Å². The molecule has 0 rings (SSSR count). The topological polar surface area (TPSA) is 40.5 Å². The maximum atomic E-state index is 10.1. The molecule has 0 aliphatic carbocycles. The lowest BCUT2D eigenvalue weighted by Crippen LogP contribution is -2.39. The van der Waals surface area contributed by atoms with Crippen LogP contribution in [0.2, 0.25) is 0 Å². The van der Waals surface area contributed by atoms with Gasteiger partial charge in [0.2, 0.25) is 0 Å². The number of hydrogen-bond acceptors (Lipinski definition) is 2. The summed E-state index contributed by atoms with van der Waals surface area (Å²) in [6.45, 7) is 9.76. The molecule has 13 heavy (non-hydrogen) atoms. The van der Waals surface area contributed by atoms with Crippen molar-refractivity contribution in [3.63, 3.8) is 0 Å². The minimum Gasteiger partial charge on any atom is -0.393 e. The van der Waals surface area contributed by atoms with E-state index in [4.69, 9.17) is 5.11 Å². The molecule has 0 bridgehead atoms. The maximum absolute atomic E-state index is 10.1. The Bertz CT molecular complexity index is 143. The van der Waals surface area contributed by atoms with Crippen LogP contribution in [0, 0.1) is 5.41 Å². The van der Waals surface area contributed by atoms with Crippen molar-refractivity contribution >= 4 is 0 Å². The van der Waals surface area contributed by atoms with Gasteiger partial charge in [0.15, 0.2) is 0 Å². The molecule has 0 amide bonds. The van der Waals surface area contributed by atoms with Crippen molar-refractivity contribution in [3.8, 4) is 0 Å². The fourth-order valence-corrected chi connectivity index (χ4v) is 1.12. The lowest BCUT2D eigenvalue weighted by molar-refractivity contribution is -0.0510. The molecular formula is C11H24O2. The van der Waals surface area contributed by atoms with Gasteiger partial charge < -0.3 is 10.2 Å². The zero-order valence-electron chi connectivity index (χ0n) is 9.59. The predicted octanol–water partition coefficient (Wildman–Crippen LogP) is 2.33. The first-order valence-corrected chi connectivity index (χ1v) is 5.07. The van der Waals surface area contributed by atoms with Crippen molar-refractivity contribution < 1.29 is 10.2 Å². The Balaban J connectivity index is 3.90. The molecule has 2 unspecified atom stereocenters. The summed E-state index contributed by atoms with van der Waals surface area (Å²) in [5.74, 6) is 0. The van der Waals surface area contributed by atoms with E-state index in [2.05, 4.69) is 0 Å². The molecule has 0 saturated heterocycles. The van der Waals surface area contributed by atoms with Gasteiger partial charge >= 0.3 is 0 Å². The molecule has 2 nitrogen and oxygen atoms in total. The molecule has 0 aromatic carbocycles. The Hall–Kier alpha value is -0.0800. The maximum Gasteiger partial charge on any atom is 0.0667 e. The highest BCUT2D eigenvalue weighted by Crippen LogP contribution is 2.33. The molecule has 0 aromatic heterocycles. The monoisotopic (exact) mass is 188 g/mol. The van der Waals surface area contributed by atoms with Gasteiger partial charge in [-0.2, -0.15) is 0 Å². The zero-order valence-corrected chi connectivity index (χ0v) is 9.59. The highest BCUT2D eigenvalue weighted by Gasteiger charge is 2.34. The minimum atomic E-state index is -0.637. The third-order valence-electron chi connectivity index (χ3n) is 2.90. The summed E-state index contributed by atoms with van der Waals surface area (Å²) < 4.78 is 0.